The fourth-order valence-corrected chi connectivity index (χ4v) is 2.92. The average molecular weight is 403 g/mol. The summed E-state index contributed by atoms with van der Waals surface area (Å²) in [6, 6.07) is 14.1. The lowest BCUT2D eigenvalue weighted by Gasteiger charge is -2.23. The zero-order valence-corrected chi connectivity index (χ0v) is 16.7. The van der Waals surface area contributed by atoms with E-state index in [1.165, 1.54) is 6.07 Å². The van der Waals surface area contributed by atoms with Crippen LogP contribution in [0.1, 0.15) is 45.1 Å². The summed E-state index contributed by atoms with van der Waals surface area (Å²) in [5.41, 5.74) is 0.840. The predicted octanol–water partition coefficient (Wildman–Crippen LogP) is 5.08. The van der Waals surface area contributed by atoms with Crippen LogP contribution in [0, 0.1) is 15.9 Å². The number of halogens is 1. The maximum Gasteiger partial charge on any atom is 0.315 e. The van der Waals surface area contributed by atoms with Crippen LogP contribution in [-0.4, -0.2) is 24.3 Å². The molecule has 0 N–H and O–H groups in total. The SMILES string of the molecule is CC(C)(C(=O)OCCCCCCO[N+](=O)[O-])c1ccc(-c2ccccc2)c(F)c1. The minimum atomic E-state index is -0.977. The first-order chi connectivity index (χ1) is 13.8. The number of carbonyl (C=O) groups is 1. The summed E-state index contributed by atoms with van der Waals surface area (Å²) in [5.74, 6) is -0.799. The molecule has 7 heteroatoms. The number of hydrogen-bond donors (Lipinski definition) is 0. The second-order valence-corrected chi connectivity index (χ2v) is 7.29. The van der Waals surface area contributed by atoms with E-state index < -0.39 is 16.5 Å². The summed E-state index contributed by atoms with van der Waals surface area (Å²) in [6.45, 7) is 3.75. The summed E-state index contributed by atoms with van der Waals surface area (Å²) in [7, 11) is 0. The molecule has 0 amide bonds. The molecule has 0 atom stereocenters. The summed E-state index contributed by atoms with van der Waals surface area (Å²) in [6.07, 6.45) is 2.76. The molecule has 0 fully saturated rings. The van der Waals surface area contributed by atoms with Crippen molar-refractivity contribution in [1.82, 2.24) is 0 Å². The van der Waals surface area contributed by atoms with Gasteiger partial charge in [-0.25, -0.2) is 4.39 Å². The van der Waals surface area contributed by atoms with Crippen LogP contribution in [0.15, 0.2) is 48.5 Å². The normalized spacial score (nSPS) is 11.1. The zero-order valence-electron chi connectivity index (χ0n) is 16.7. The van der Waals surface area contributed by atoms with Gasteiger partial charge < -0.3 is 9.57 Å². The maximum absolute atomic E-state index is 14.6. The lowest BCUT2D eigenvalue weighted by Crippen LogP contribution is -2.31. The summed E-state index contributed by atoms with van der Waals surface area (Å²) in [4.78, 5) is 26.8. The van der Waals surface area contributed by atoms with Crippen molar-refractivity contribution in [2.75, 3.05) is 13.2 Å². The van der Waals surface area contributed by atoms with Crippen molar-refractivity contribution in [3.63, 3.8) is 0 Å². The number of carbonyl (C=O) groups excluding carboxylic acids is 1. The molecule has 2 rings (SSSR count). The molecule has 6 nitrogen and oxygen atoms in total. The quantitative estimate of drug-likeness (QED) is 0.226. The summed E-state index contributed by atoms with van der Waals surface area (Å²) >= 11 is 0. The van der Waals surface area contributed by atoms with Gasteiger partial charge in [-0.1, -0.05) is 48.9 Å². The van der Waals surface area contributed by atoms with E-state index in [0.717, 1.165) is 18.4 Å². The van der Waals surface area contributed by atoms with Gasteiger partial charge in [0, 0.05) is 5.56 Å². The van der Waals surface area contributed by atoms with Gasteiger partial charge >= 0.3 is 5.97 Å². The first-order valence-electron chi connectivity index (χ1n) is 9.62. The molecule has 0 unspecified atom stereocenters. The van der Waals surface area contributed by atoms with Gasteiger partial charge in [0.05, 0.1) is 18.6 Å². The van der Waals surface area contributed by atoms with Gasteiger partial charge in [0.2, 0.25) is 0 Å². The topological polar surface area (TPSA) is 78.7 Å². The van der Waals surface area contributed by atoms with Crippen LogP contribution in [0.5, 0.6) is 0 Å². The third-order valence-corrected chi connectivity index (χ3v) is 4.75. The molecule has 0 spiro atoms. The average Bonchev–Trinajstić information content (AvgIpc) is 2.70. The highest BCUT2D eigenvalue weighted by atomic mass is 19.1. The zero-order chi connectivity index (χ0) is 21.3. The van der Waals surface area contributed by atoms with Crippen LogP contribution in [0.3, 0.4) is 0 Å². The van der Waals surface area contributed by atoms with Crippen molar-refractivity contribution in [1.29, 1.82) is 0 Å². The van der Waals surface area contributed by atoms with Crippen LogP contribution in [0.25, 0.3) is 11.1 Å². The fraction of sp³-hybridized carbons (Fsp3) is 0.409. The highest BCUT2D eigenvalue weighted by Gasteiger charge is 2.32. The minimum absolute atomic E-state index is 0.0738. The Morgan fingerprint density at radius 1 is 1.03 bits per heavy atom. The standard InChI is InChI=1S/C22H26FNO5/c1-22(2,21(25)28-14-8-3-4-9-15-29-24(26)27)18-12-13-19(20(23)16-18)17-10-6-5-7-11-17/h5-7,10-13,16H,3-4,8-9,14-15H2,1-2H3. The van der Waals surface area contributed by atoms with Crippen LogP contribution >= 0.6 is 0 Å². The Bertz CT molecular complexity index is 823. The lowest BCUT2D eigenvalue weighted by molar-refractivity contribution is -0.757. The van der Waals surface area contributed by atoms with E-state index in [4.69, 9.17) is 4.74 Å². The number of rotatable bonds is 11. The van der Waals surface area contributed by atoms with Crippen LogP contribution in [-0.2, 0) is 19.8 Å². The largest absolute Gasteiger partial charge is 0.465 e. The Morgan fingerprint density at radius 3 is 2.31 bits per heavy atom. The second kappa shape index (κ2) is 10.5. The van der Waals surface area contributed by atoms with E-state index in [2.05, 4.69) is 4.84 Å². The molecule has 0 aromatic heterocycles. The highest BCUT2D eigenvalue weighted by Crippen LogP contribution is 2.30. The van der Waals surface area contributed by atoms with Gasteiger partial charge in [-0.2, -0.15) is 0 Å². The Kier molecular flexibility index (Phi) is 8.12. The lowest BCUT2D eigenvalue weighted by atomic mass is 9.84. The number of unbranched alkanes of at least 4 members (excludes halogenated alkanes) is 3. The smallest absolute Gasteiger partial charge is 0.315 e. The molecule has 0 bridgehead atoms. The van der Waals surface area contributed by atoms with Crippen LogP contribution in [0.4, 0.5) is 4.39 Å². The Labute approximate surface area is 169 Å². The summed E-state index contributed by atoms with van der Waals surface area (Å²) < 4.78 is 20.0. The summed E-state index contributed by atoms with van der Waals surface area (Å²) in [5, 5.41) is 9.23. The van der Waals surface area contributed by atoms with Crippen molar-refractivity contribution in [3.05, 3.63) is 70.0 Å². The molecule has 156 valence electrons. The molecule has 0 aliphatic rings. The third-order valence-electron chi connectivity index (χ3n) is 4.75. The highest BCUT2D eigenvalue weighted by molar-refractivity contribution is 5.82. The van der Waals surface area contributed by atoms with Gasteiger partial charge in [0.15, 0.2) is 0 Å². The number of hydrogen-bond acceptors (Lipinski definition) is 5. The second-order valence-electron chi connectivity index (χ2n) is 7.29. The number of esters is 1. The van der Waals surface area contributed by atoms with Crippen molar-refractivity contribution in [2.45, 2.75) is 44.9 Å². The minimum Gasteiger partial charge on any atom is -0.465 e. The van der Waals surface area contributed by atoms with E-state index in [1.54, 1.807) is 26.0 Å². The van der Waals surface area contributed by atoms with Crippen LogP contribution < -0.4 is 0 Å². The van der Waals surface area contributed by atoms with Crippen molar-refractivity contribution in [2.24, 2.45) is 0 Å². The fourth-order valence-electron chi connectivity index (χ4n) is 2.92. The molecule has 29 heavy (non-hydrogen) atoms. The molecular weight excluding hydrogens is 377 g/mol. The third kappa shape index (κ3) is 6.55. The van der Waals surface area contributed by atoms with Crippen molar-refractivity contribution in [3.8, 4) is 11.1 Å². The van der Waals surface area contributed by atoms with Gasteiger partial charge in [-0.15, -0.1) is 10.1 Å². The molecule has 0 aliphatic heterocycles. The maximum atomic E-state index is 14.6. The van der Waals surface area contributed by atoms with E-state index in [-0.39, 0.29) is 19.0 Å². The van der Waals surface area contributed by atoms with Gasteiger partial charge in [0.1, 0.15) is 5.82 Å². The molecule has 2 aromatic carbocycles. The molecule has 0 radical (unpaired) electrons. The van der Waals surface area contributed by atoms with E-state index in [9.17, 15) is 19.3 Å². The van der Waals surface area contributed by atoms with Crippen LogP contribution in [0.2, 0.25) is 0 Å². The Hall–Kier alpha value is -2.96. The molecular formula is C22H26FNO5. The van der Waals surface area contributed by atoms with Gasteiger partial charge in [-0.05, 0) is 50.3 Å². The van der Waals surface area contributed by atoms with Crippen molar-refractivity contribution >= 4 is 5.97 Å². The molecule has 0 saturated carbocycles. The first kappa shape index (κ1) is 22.3. The van der Waals surface area contributed by atoms with Gasteiger partial charge in [0.25, 0.3) is 5.09 Å². The number of nitrogens with zero attached hydrogens (tertiary/aromatic N) is 1. The monoisotopic (exact) mass is 403 g/mol. The van der Waals surface area contributed by atoms with E-state index in [1.807, 2.05) is 30.3 Å². The number of ether oxygens (including phenoxy) is 1. The molecule has 0 heterocycles. The molecule has 0 aliphatic carbocycles. The molecule has 2 aromatic rings. The predicted molar refractivity (Wildman–Crippen MR) is 107 cm³/mol. The Morgan fingerprint density at radius 2 is 1.69 bits per heavy atom. The van der Waals surface area contributed by atoms with Gasteiger partial charge in [-0.3, -0.25) is 4.79 Å². The molecule has 0 saturated heterocycles. The van der Waals surface area contributed by atoms with E-state index in [0.29, 0.717) is 24.0 Å². The van der Waals surface area contributed by atoms with E-state index >= 15 is 0 Å². The Balaban J connectivity index is 1.85. The van der Waals surface area contributed by atoms with Crippen molar-refractivity contribution < 1.29 is 23.8 Å². The first-order valence-corrected chi connectivity index (χ1v) is 9.62. The number of benzene rings is 2.